The zero-order chi connectivity index (χ0) is 14.2. The number of amides is 1. The number of aromatic nitrogens is 2. The van der Waals surface area contributed by atoms with E-state index in [0.29, 0.717) is 6.54 Å². The number of hydrogen-bond donors (Lipinski definition) is 0. The summed E-state index contributed by atoms with van der Waals surface area (Å²) in [6, 6.07) is 3.99. The highest BCUT2D eigenvalue weighted by atomic mass is 16.5. The molecule has 6 heteroatoms. The lowest BCUT2D eigenvalue weighted by Gasteiger charge is -2.46. The van der Waals surface area contributed by atoms with Gasteiger partial charge < -0.3 is 14.5 Å². The van der Waals surface area contributed by atoms with Crippen molar-refractivity contribution in [2.24, 2.45) is 0 Å². The number of likely N-dealkylation sites (N-methyl/N-ethyl adjacent to an activating group) is 1. The van der Waals surface area contributed by atoms with Gasteiger partial charge in [-0.15, -0.1) is 5.10 Å². The number of morpholine rings is 1. The van der Waals surface area contributed by atoms with E-state index in [2.05, 4.69) is 15.1 Å². The molecule has 6 nitrogen and oxygen atoms in total. The highest BCUT2D eigenvalue weighted by Crippen LogP contribution is 2.31. The molecular formula is C14H20N4O2. The summed E-state index contributed by atoms with van der Waals surface area (Å²) in [5, 5.41) is 8.34. The molecule has 0 atom stereocenters. The standard InChI is InChI=1S/C14H20N4O2/c1-11-3-4-12(16-15-11)18-7-5-14(6-8-18)10-17(2)13(19)9-20-14/h3-4H,5-10H2,1-2H3. The van der Waals surface area contributed by atoms with Crippen LogP contribution in [0.5, 0.6) is 0 Å². The van der Waals surface area contributed by atoms with Crippen LogP contribution in [-0.2, 0) is 9.53 Å². The van der Waals surface area contributed by atoms with Crippen LogP contribution in [0, 0.1) is 6.92 Å². The van der Waals surface area contributed by atoms with Gasteiger partial charge in [-0.2, -0.15) is 5.10 Å². The van der Waals surface area contributed by atoms with Crippen LogP contribution in [0.2, 0.25) is 0 Å². The highest BCUT2D eigenvalue weighted by Gasteiger charge is 2.41. The molecule has 2 aliphatic heterocycles. The maximum Gasteiger partial charge on any atom is 0.248 e. The number of anilines is 1. The van der Waals surface area contributed by atoms with Crippen LogP contribution in [0.15, 0.2) is 12.1 Å². The van der Waals surface area contributed by atoms with Crippen molar-refractivity contribution in [2.75, 3.05) is 38.2 Å². The van der Waals surface area contributed by atoms with Gasteiger partial charge in [-0.25, -0.2) is 0 Å². The van der Waals surface area contributed by atoms with E-state index in [-0.39, 0.29) is 18.1 Å². The van der Waals surface area contributed by atoms with Gasteiger partial charge in [0.2, 0.25) is 5.91 Å². The Bertz CT molecular complexity index is 494. The van der Waals surface area contributed by atoms with Gasteiger partial charge in [-0.1, -0.05) is 0 Å². The van der Waals surface area contributed by atoms with Crippen LogP contribution in [0.3, 0.4) is 0 Å². The molecule has 2 fully saturated rings. The van der Waals surface area contributed by atoms with Gasteiger partial charge in [0, 0.05) is 26.7 Å². The topological polar surface area (TPSA) is 58.6 Å². The number of hydrogen-bond acceptors (Lipinski definition) is 5. The van der Waals surface area contributed by atoms with Crippen molar-refractivity contribution < 1.29 is 9.53 Å². The normalized spacial score (nSPS) is 22.4. The fraction of sp³-hybridized carbons (Fsp3) is 0.643. The zero-order valence-electron chi connectivity index (χ0n) is 12.0. The fourth-order valence-electron chi connectivity index (χ4n) is 2.90. The Hall–Kier alpha value is -1.69. The van der Waals surface area contributed by atoms with Crippen LogP contribution in [-0.4, -0.2) is 59.9 Å². The molecule has 0 saturated carbocycles. The van der Waals surface area contributed by atoms with E-state index in [9.17, 15) is 4.79 Å². The Balaban J connectivity index is 1.64. The summed E-state index contributed by atoms with van der Waals surface area (Å²) in [4.78, 5) is 15.5. The van der Waals surface area contributed by atoms with E-state index in [4.69, 9.17) is 4.74 Å². The monoisotopic (exact) mass is 276 g/mol. The number of carbonyl (C=O) groups excluding carboxylic acids is 1. The van der Waals surface area contributed by atoms with Crippen molar-refractivity contribution in [3.05, 3.63) is 17.8 Å². The molecule has 0 bridgehead atoms. The Morgan fingerprint density at radius 3 is 2.60 bits per heavy atom. The third kappa shape index (κ3) is 2.47. The van der Waals surface area contributed by atoms with Gasteiger partial charge in [0.1, 0.15) is 6.61 Å². The maximum absolute atomic E-state index is 11.5. The van der Waals surface area contributed by atoms with E-state index in [1.54, 1.807) is 4.90 Å². The molecule has 3 heterocycles. The van der Waals surface area contributed by atoms with E-state index in [1.165, 1.54) is 0 Å². The number of ether oxygens (including phenoxy) is 1. The Morgan fingerprint density at radius 2 is 2.00 bits per heavy atom. The molecule has 1 spiro atoms. The molecular weight excluding hydrogens is 256 g/mol. The number of carbonyl (C=O) groups is 1. The molecule has 0 aromatic carbocycles. The summed E-state index contributed by atoms with van der Waals surface area (Å²) in [6.07, 6.45) is 1.83. The van der Waals surface area contributed by atoms with Gasteiger partial charge in [-0.3, -0.25) is 4.79 Å². The molecule has 0 aliphatic carbocycles. The number of rotatable bonds is 1. The van der Waals surface area contributed by atoms with Crippen molar-refractivity contribution >= 4 is 11.7 Å². The summed E-state index contributed by atoms with van der Waals surface area (Å²) >= 11 is 0. The summed E-state index contributed by atoms with van der Waals surface area (Å²) < 4.78 is 5.84. The molecule has 108 valence electrons. The van der Waals surface area contributed by atoms with E-state index in [1.807, 2.05) is 26.1 Å². The van der Waals surface area contributed by atoms with E-state index >= 15 is 0 Å². The lowest BCUT2D eigenvalue weighted by atomic mass is 9.89. The molecule has 0 radical (unpaired) electrons. The van der Waals surface area contributed by atoms with Gasteiger partial charge in [0.15, 0.2) is 5.82 Å². The molecule has 1 aromatic rings. The lowest BCUT2D eigenvalue weighted by molar-refractivity contribution is -0.164. The first kappa shape index (κ1) is 13.3. The van der Waals surface area contributed by atoms with Crippen LogP contribution < -0.4 is 4.90 Å². The van der Waals surface area contributed by atoms with Gasteiger partial charge in [0.25, 0.3) is 0 Å². The molecule has 0 N–H and O–H groups in total. The summed E-state index contributed by atoms with van der Waals surface area (Å²) in [5.74, 6) is 0.994. The number of aryl methyl sites for hydroxylation is 1. The maximum atomic E-state index is 11.5. The van der Waals surface area contributed by atoms with Crippen molar-refractivity contribution in [3.8, 4) is 0 Å². The van der Waals surface area contributed by atoms with Crippen LogP contribution in [0.25, 0.3) is 0 Å². The SMILES string of the molecule is Cc1ccc(N2CCC3(CC2)CN(C)C(=O)CO3)nn1. The summed E-state index contributed by atoms with van der Waals surface area (Å²) in [5.41, 5.74) is 0.759. The summed E-state index contributed by atoms with van der Waals surface area (Å²) in [6.45, 7) is 4.62. The van der Waals surface area contributed by atoms with Gasteiger partial charge in [0.05, 0.1) is 11.3 Å². The highest BCUT2D eigenvalue weighted by molar-refractivity contribution is 5.78. The Labute approximate surface area is 118 Å². The minimum Gasteiger partial charge on any atom is -0.363 e. The Kier molecular flexibility index (Phi) is 3.33. The lowest BCUT2D eigenvalue weighted by Crippen LogP contribution is -2.57. The predicted molar refractivity (Wildman–Crippen MR) is 74.5 cm³/mol. The molecule has 1 aromatic heterocycles. The number of piperidine rings is 1. The fourth-order valence-corrected chi connectivity index (χ4v) is 2.90. The molecule has 2 saturated heterocycles. The third-order valence-corrected chi connectivity index (χ3v) is 4.24. The van der Waals surface area contributed by atoms with Gasteiger partial charge in [-0.05, 0) is 31.9 Å². The zero-order valence-corrected chi connectivity index (χ0v) is 12.0. The molecule has 1 amide bonds. The second kappa shape index (κ2) is 5.01. The smallest absolute Gasteiger partial charge is 0.248 e. The minimum absolute atomic E-state index is 0.0717. The van der Waals surface area contributed by atoms with E-state index < -0.39 is 0 Å². The van der Waals surface area contributed by atoms with Crippen molar-refractivity contribution in [3.63, 3.8) is 0 Å². The quantitative estimate of drug-likeness (QED) is 0.752. The second-order valence-corrected chi connectivity index (χ2v) is 5.74. The van der Waals surface area contributed by atoms with Crippen molar-refractivity contribution in [1.82, 2.24) is 15.1 Å². The molecule has 20 heavy (non-hydrogen) atoms. The average Bonchev–Trinajstić information content (AvgIpc) is 2.46. The van der Waals surface area contributed by atoms with Crippen LogP contribution >= 0.6 is 0 Å². The van der Waals surface area contributed by atoms with Crippen LogP contribution in [0.4, 0.5) is 5.82 Å². The summed E-state index contributed by atoms with van der Waals surface area (Å²) in [7, 11) is 1.85. The first-order valence-electron chi connectivity index (χ1n) is 7.01. The van der Waals surface area contributed by atoms with Crippen molar-refractivity contribution in [2.45, 2.75) is 25.4 Å². The third-order valence-electron chi connectivity index (χ3n) is 4.24. The molecule has 3 rings (SSSR count). The average molecular weight is 276 g/mol. The predicted octanol–water partition coefficient (Wildman–Crippen LogP) is 0.613. The van der Waals surface area contributed by atoms with E-state index in [0.717, 1.165) is 37.4 Å². The Morgan fingerprint density at radius 1 is 1.25 bits per heavy atom. The minimum atomic E-state index is -0.169. The van der Waals surface area contributed by atoms with Crippen LogP contribution in [0.1, 0.15) is 18.5 Å². The second-order valence-electron chi connectivity index (χ2n) is 5.74. The number of nitrogens with zero attached hydrogens (tertiary/aromatic N) is 4. The molecule has 0 unspecified atom stereocenters. The molecule has 2 aliphatic rings. The van der Waals surface area contributed by atoms with Gasteiger partial charge >= 0.3 is 0 Å². The van der Waals surface area contributed by atoms with Crippen molar-refractivity contribution in [1.29, 1.82) is 0 Å². The first-order chi connectivity index (χ1) is 9.58. The largest absolute Gasteiger partial charge is 0.363 e. The first-order valence-corrected chi connectivity index (χ1v) is 7.01.